The van der Waals surface area contributed by atoms with Gasteiger partial charge in [-0.2, -0.15) is 16.3 Å². The van der Waals surface area contributed by atoms with Crippen LogP contribution in [0.4, 0.5) is 11.8 Å². The monoisotopic (exact) mass is 289 g/mol. The van der Waals surface area contributed by atoms with Gasteiger partial charge in [-0.1, -0.05) is 0 Å². The number of anilines is 2. The number of nitrogens with two attached hydrogens (primary N) is 1. The van der Waals surface area contributed by atoms with Gasteiger partial charge in [-0.05, 0) is 35.9 Å². The lowest BCUT2D eigenvalue weighted by atomic mass is 10.2. The smallest absolute Gasteiger partial charge is 0.222 e. The second kappa shape index (κ2) is 5.76. The molecule has 1 aliphatic heterocycles. The van der Waals surface area contributed by atoms with Crippen molar-refractivity contribution in [1.82, 2.24) is 15.3 Å². The van der Waals surface area contributed by atoms with E-state index in [-0.39, 0.29) is 0 Å². The molecule has 1 saturated heterocycles. The molecule has 0 bridgehead atoms. The lowest BCUT2D eigenvalue weighted by molar-refractivity contribution is 0.616. The Morgan fingerprint density at radius 2 is 2.40 bits per heavy atom. The van der Waals surface area contributed by atoms with Gasteiger partial charge in [0.05, 0.1) is 5.69 Å². The summed E-state index contributed by atoms with van der Waals surface area (Å²) < 4.78 is 0. The zero-order valence-corrected chi connectivity index (χ0v) is 12.4. The van der Waals surface area contributed by atoms with Crippen molar-refractivity contribution in [3.8, 4) is 0 Å². The van der Waals surface area contributed by atoms with Crippen LogP contribution in [0.1, 0.15) is 17.7 Å². The van der Waals surface area contributed by atoms with Crippen LogP contribution in [-0.4, -0.2) is 36.1 Å². The Labute approximate surface area is 122 Å². The highest BCUT2D eigenvalue weighted by molar-refractivity contribution is 7.07. The average molecular weight is 289 g/mol. The van der Waals surface area contributed by atoms with Gasteiger partial charge >= 0.3 is 0 Å². The number of hydrogen-bond donors (Lipinski definition) is 2. The molecule has 0 radical (unpaired) electrons. The highest BCUT2D eigenvalue weighted by Crippen LogP contribution is 2.21. The van der Waals surface area contributed by atoms with Gasteiger partial charge in [0.1, 0.15) is 5.82 Å². The first kappa shape index (κ1) is 13.3. The molecule has 3 rings (SSSR count). The summed E-state index contributed by atoms with van der Waals surface area (Å²) in [4.78, 5) is 11.0. The van der Waals surface area contributed by atoms with Crippen LogP contribution in [0.2, 0.25) is 0 Å². The molecular formula is C14H19N5S. The predicted molar refractivity (Wildman–Crippen MR) is 83.2 cm³/mol. The molecule has 1 unspecified atom stereocenters. The summed E-state index contributed by atoms with van der Waals surface area (Å²) in [5, 5.41) is 7.54. The number of hydrogen-bond acceptors (Lipinski definition) is 6. The molecule has 2 aromatic rings. The van der Waals surface area contributed by atoms with Gasteiger partial charge in [0.25, 0.3) is 0 Å². The van der Waals surface area contributed by atoms with Crippen LogP contribution in [0, 0.1) is 0 Å². The second-order valence-electron chi connectivity index (χ2n) is 5.10. The number of rotatable bonds is 4. The SMILES string of the molecule is CNC1CCN(c2cc(Cc3ccsc3)nc(N)n2)C1. The van der Waals surface area contributed by atoms with Crippen molar-refractivity contribution in [3.05, 3.63) is 34.2 Å². The lowest BCUT2D eigenvalue weighted by Gasteiger charge is -2.18. The minimum absolute atomic E-state index is 0.362. The second-order valence-corrected chi connectivity index (χ2v) is 5.88. The largest absolute Gasteiger partial charge is 0.368 e. The summed E-state index contributed by atoms with van der Waals surface area (Å²) in [6.07, 6.45) is 1.95. The van der Waals surface area contributed by atoms with Crippen LogP contribution in [0.15, 0.2) is 22.9 Å². The van der Waals surface area contributed by atoms with E-state index in [0.29, 0.717) is 12.0 Å². The molecule has 0 saturated carbocycles. The summed E-state index contributed by atoms with van der Waals surface area (Å²) in [5.74, 6) is 1.31. The fraction of sp³-hybridized carbons (Fsp3) is 0.429. The van der Waals surface area contributed by atoms with Crippen LogP contribution >= 0.6 is 11.3 Å². The lowest BCUT2D eigenvalue weighted by Crippen LogP contribution is -2.30. The van der Waals surface area contributed by atoms with Crippen molar-refractivity contribution >= 4 is 23.1 Å². The van der Waals surface area contributed by atoms with Crippen LogP contribution in [0.25, 0.3) is 0 Å². The highest BCUT2D eigenvalue weighted by Gasteiger charge is 2.22. The van der Waals surface area contributed by atoms with Crippen LogP contribution in [-0.2, 0) is 6.42 Å². The van der Waals surface area contributed by atoms with Gasteiger partial charge in [-0.15, -0.1) is 0 Å². The number of likely N-dealkylation sites (N-methyl/N-ethyl adjacent to an activating group) is 1. The maximum absolute atomic E-state index is 5.86. The number of nitrogen functional groups attached to an aromatic ring is 1. The van der Waals surface area contributed by atoms with Gasteiger partial charge in [0.2, 0.25) is 5.95 Å². The highest BCUT2D eigenvalue weighted by atomic mass is 32.1. The van der Waals surface area contributed by atoms with Crippen LogP contribution in [0.5, 0.6) is 0 Å². The van der Waals surface area contributed by atoms with Gasteiger partial charge in [0.15, 0.2) is 0 Å². The van der Waals surface area contributed by atoms with E-state index in [4.69, 9.17) is 5.73 Å². The summed E-state index contributed by atoms with van der Waals surface area (Å²) in [6, 6.07) is 4.72. The average Bonchev–Trinajstić information content (AvgIpc) is 3.08. The van der Waals surface area contributed by atoms with Gasteiger partial charge in [-0.25, -0.2) is 4.98 Å². The fourth-order valence-electron chi connectivity index (χ4n) is 2.56. The molecule has 5 nitrogen and oxygen atoms in total. The van der Waals surface area contributed by atoms with E-state index in [0.717, 1.165) is 37.4 Å². The minimum atomic E-state index is 0.362. The maximum atomic E-state index is 5.86. The molecule has 106 valence electrons. The first-order valence-electron chi connectivity index (χ1n) is 6.81. The third-order valence-electron chi connectivity index (χ3n) is 3.67. The van der Waals surface area contributed by atoms with E-state index in [2.05, 4.69) is 43.1 Å². The normalized spacial score (nSPS) is 18.6. The quantitative estimate of drug-likeness (QED) is 0.893. The van der Waals surface area contributed by atoms with Gasteiger partial charge < -0.3 is 16.0 Å². The molecule has 20 heavy (non-hydrogen) atoms. The maximum Gasteiger partial charge on any atom is 0.222 e. The standard InChI is InChI=1S/C14H19N5S/c1-16-11-2-4-19(8-11)13-7-12(17-14(15)18-13)6-10-3-5-20-9-10/h3,5,7,9,11,16H,2,4,6,8H2,1H3,(H2,15,17,18). The number of thiophene rings is 1. The molecule has 0 aromatic carbocycles. The third-order valence-corrected chi connectivity index (χ3v) is 4.40. The van der Waals surface area contributed by atoms with Crippen molar-refractivity contribution < 1.29 is 0 Å². The molecule has 2 aromatic heterocycles. The van der Waals surface area contributed by atoms with Crippen molar-refractivity contribution in [1.29, 1.82) is 0 Å². The predicted octanol–water partition coefficient (Wildman–Crippen LogP) is 1.51. The molecule has 6 heteroatoms. The van der Waals surface area contributed by atoms with E-state index in [9.17, 15) is 0 Å². The van der Waals surface area contributed by atoms with Crippen LogP contribution in [0.3, 0.4) is 0 Å². The van der Waals surface area contributed by atoms with Gasteiger partial charge in [0, 0.05) is 31.6 Å². The van der Waals surface area contributed by atoms with E-state index in [1.54, 1.807) is 11.3 Å². The molecule has 0 spiro atoms. The minimum Gasteiger partial charge on any atom is -0.368 e. The Balaban J connectivity index is 1.80. The Bertz CT molecular complexity index is 569. The van der Waals surface area contributed by atoms with Crippen LogP contribution < -0.4 is 16.0 Å². The Hall–Kier alpha value is -1.66. The molecule has 1 fully saturated rings. The van der Waals surface area contributed by atoms with E-state index in [1.807, 2.05) is 7.05 Å². The van der Waals surface area contributed by atoms with Crippen molar-refractivity contribution in [3.63, 3.8) is 0 Å². The first-order valence-corrected chi connectivity index (χ1v) is 7.75. The third kappa shape index (κ3) is 2.91. The number of nitrogens with zero attached hydrogens (tertiary/aromatic N) is 3. The van der Waals surface area contributed by atoms with Crippen molar-refractivity contribution in [2.45, 2.75) is 18.9 Å². The molecular weight excluding hydrogens is 270 g/mol. The first-order chi connectivity index (χ1) is 9.74. The Morgan fingerprint density at radius 3 is 3.10 bits per heavy atom. The zero-order valence-electron chi connectivity index (χ0n) is 11.5. The summed E-state index contributed by atoms with van der Waals surface area (Å²) in [7, 11) is 2.00. The van der Waals surface area contributed by atoms with Gasteiger partial charge in [-0.3, -0.25) is 0 Å². The van der Waals surface area contributed by atoms with Crippen molar-refractivity contribution in [2.75, 3.05) is 30.8 Å². The summed E-state index contributed by atoms with van der Waals surface area (Å²) >= 11 is 1.70. The molecule has 3 N–H and O–H groups in total. The van der Waals surface area contributed by atoms with E-state index in [1.165, 1.54) is 5.56 Å². The molecule has 1 atom stereocenters. The zero-order chi connectivity index (χ0) is 13.9. The van der Waals surface area contributed by atoms with E-state index >= 15 is 0 Å². The summed E-state index contributed by atoms with van der Waals surface area (Å²) in [6.45, 7) is 1.99. The van der Waals surface area contributed by atoms with E-state index < -0.39 is 0 Å². The summed E-state index contributed by atoms with van der Waals surface area (Å²) in [5.41, 5.74) is 8.12. The molecule has 0 amide bonds. The van der Waals surface area contributed by atoms with Crippen molar-refractivity contribution in [2.24, 2.45) is 0 Å². The topological polar surface area (TPSA) is 67.1 Å². The molecule has 3 heterocycles. The number of nitrogens with one attached hydrogen (secondary N) is 1. The molecule has 0 aliphatic carbocycles. The Kier molecular flexibility index (Phi) is 3.84. The number of aromatic nitrogens is 2. The fourth-order valence-corrected chi connectivity index (χ4v) is 3.23. The Morgan fingerprint density at radius 1 is 1.50 bits per heavy atom. The molecule has 1 aliphatic rings.